The molecule has 0 aliphatic carbocycles. The first-order chi connectivity index (χ1) is 11.7. The van der Waals surface area contributed by atoms with Gasteiger partial charge in [-0.3, -0.25) is 4.90 Å². The summed E-state index contributed by atoms with van der Waals surface area (Å²) in [5.41, 5.74) is 6.32. The summed E-state index contributed by atoms with van der Waals surface area (Å²) < 4.78 is 0.978. The number of carbonyl (C=O) groups is 1. The van der Waals surface area contributed by atoms with Crippen molar-refractivity contribution in [2.24, 2.45) is 5.10 Å². The number of amides is 2. The second-order valence-corrected chi connectivity index (χ2v) is 6.68. The van der Waals surface area contributed by atoms with Crippen LogP contribution in [-0.2, 0) is 0 Å². The third-order valence-electron chi connectivity index (χ3n) is 4.05. The Hall–Kier alpha value is -2.14. The maximum absolute atomic E-state index is 12.6. The number of hydrogen-bond donors (Lipinski definition) is 1. The van der Waals surface area contributed by atoms with Gasteiger partial charge in [0.1, 0.15) is 0 Å². The second-order valence-electron chi connectivity index (χ2n) is 5.76. The van der Waals surface area contributed by atoms with Crippen molar-refractivity contribution in [2.45, 2.75) is 32.6 Å². The van der Waals surface area contributed by atoms with E-state index in [0.717, 1.165) is 52.8 Å². The fourth-order valence-electron chi connectivity index (χ4n) is 2.83. The highest BCUT2D eigenvalue weighted by molar-refractivity contribution is 9.10. The summed E-state index contributed by atoms with van der Waals surface area (Å²) in [5.74, 6) is 0. The molecule has 2 aromatic rings. The van der Waals surface area contributed by atoms with Gasteiger partial charge in [0.05, 0.1) is 17.1 Å². The molecule has 24 heavy (non-hydrogen) atoms. The minimum absolute atomic E-state index is 0.240. The summed E-state index contributed by atoms with van der Waals surface area (Å²) in [5, 5.41) is 4.38. The first-order valence-corrected chi connectivity index (χ1v) is 9.01. The van der Waals surface area contributed by atoms with Crippen LogP contribution < -0.4 is 10.3 Å². The molecule has 0 saturated heterocycles. The third-order valence-corrected chi connectivity index (χ3v) is 4.58. The van der Waals surface area contributed by atoms with E-state index in [0.29, 0.717) is 0 Å². The molecule has 0 unspecified atom stereocenters. The van der Waals surface area contributed by atoms with Gasteiger partial charge in [-0.1, -0.05) is 53.9 Å². The van der Waals surface area contributed by atoms with Crippen LogP contribution in [0.2, 0.25) is 0 Å². The molecule has 0 atom stereocenters. The lowest BCUT2D eigenvalue weighted by molar-refractivity contribution is 0.249. The number of hydrogen-bond acceptors (Lipinski definition) is 2. The smallest absolute Gasteiger partial charge is 0.261 e. The van der Waals surface area contributed by atoms with Gasteiger partial charge in [-0.15, -0.1) is 0 Å². The van der Waals surface area contributed by atoms with E-state index >= 15 is 0 Å². The fraction of sp³-hybridized carbons (Fsp3) is 0.263. The third kappa shape index (κ3) is 3.51. The molecule has 3 rings (SSSR count). The summed E-state index contributed by atoms with van der Waals surface area (Å²) in [6, 6.07) is 15.4. The molecule has 1 heterocycles. The SMILES string of the molecule is CCCCCC1=NNC(=O)N(c2ccc(Br)cc2)c2ccccc21. The van der Waals surface area contributed by atoms with Crippen molar-refractivity contribution in [3.63, 3.8) is 0 Å². The zero-order chi connectivity index (χ0) is 16.9. The van der Waals surface area contributed by atoms with Gasteiger partial charge >= 0.3 is 6.03 Å². The second kappa shape index (κ2) is 7.62. The van der Waals surface area contributed by atoms with Gasteiger partial charge in [-0.05, 0) is 43.2 Å². The Labute approximate surface area is 150 Å². The van der Waals surface area contributed by atoms with Crippen LogP contribution in [0.15, 0.2) is 58.1 Å². The topological polar surface area (TPSA) is 44.7 Å². The van der Waals surface area contributed by atoms with E-state index in [9.17, 15) is 4.79 Å². The molecule has 1 aliphatic heterocycles. The molecule has 2 amide bonds. The minimum Gasteiger partial charge on any atom is -0.261 e. The lowest BCUT2D eigenvalue weighted by Crippen LogP contribution is -2.33. The summed E-state index contributed by atoms with van der Waals surface area (Å²) in [4.78, 5) is 14.3. The highest BCUT2D eigenvalue weighted by Crippen LogP contribution is 2.32. The molecule has 4 nitrogen and oxygen atoms in total. The zero-order valence-corrected chi connectivity index (χ0v) is 15.2. The normalized spacial score (nSPS) is 13.8. The minimum atomic E-state index is -0.240. The van der Waals surface area contributed by atoms with Crippen molar-refractivity contribution in [1.82, 2.24) is 5.43 Å². The number of para-hydroxylation sites is 1. The maximum Gasteiger partial charge on any atom is 0.346 e. The Morgan fingerprint density at radius 1 is 1.08 bits per heavy atom. The number of rotatable bonds is 5. The van der Waals surface area contributed by atoms with E-state index in [1.807, 2.05) is 48.5 Å². The predicted molar refractivity (Wildman–Crippen MR) is 102 cm³/mol. The summed E-state index contributed by atoms with van der Waals surface area (Å²) in [7, 11) is 0. The van der Waals surface area contributed by atoms with Crippen molar-refractivity contribution >= 4 is 39.0 Å². The summed E-state index contributed by atoms with van der Waals surface area (Å²) in [6.45, 7) is 2.18. The molecule has 0 saturated carbocycles. The van der Waals surface area contributed by atoms with Crippen LogP contribution >= 0.6 is 15.9 Å². The first-order valence-electron chi connectivity index (χ1n) is 8.22. The highest BCUT2D eigenvalue weighted by Gasteiger charge is 2.25. The number of nitrogens with one attached hydrogen (secondary N) is 1. The number of fused-ring (bicyclic) bond motifs is 1. The van der Waals surface area contributed by atoms with Crippen LogP contribution in [0.5, 0.6) is 0 Å². The number of anilines is 2. The number of urea groups is 1. The van der Waals surface area contributed by atoms with Gasteiger partial charge in [0.2, 0.25) is 0 Å². The van der Waals surface area contributed by atoms with Gasteiger partial charge in [-0.25, -0.2) is 10.2 Å². The number of carbonyl (C=O) groups excluding carboxylic acids is 1. The molecule has 5 heteroatoms. The number of unbranched alkanes of at least 4 members (excludes halogenated alkanes) is 2. The summed E-state index contributed by atoms with van der Waals surface area (Å²) in [6.07, 6.45) is 4.25. The number of hydrazone groups is 1. The molecule has 1 aliphatic rings. The van der Waals surface area contributed by atoms with Crippen LogP contribution in [-0.4, -0.2) is 11.7 Å². The average molecular weight is 386 g/mol. The van der Waals surface area contributed by atoms with Crippen molar-refractivity contribution in [1.29, 1.82) is 0 Å². The van der Waals surface area contributed by atoms with Gasteiger partial charge in [0, 0.05) is 10.0 Å². The van der Waals surface area contributed by atoms with Crippen LogP contribution in [0.4, 0.5) is 16.2 Å². The fourth-order valence-corrected chi connectivity index (χ4v) is 3.09. The van der Waals surface area contributed by atoms with Crippen LogP contribution in [0.25, 0.3) is 0 Å². The molecular weight excluding hydrogens is 366 g/mol. The Morgan fingerprint density at radius 3 is 2.58 bits per heavy atom. The zero-order valence-electron chi connectivity index (χ0n) is 13.6. The molecule has 1 N–H and O–H groups in total. The van der Waals surface area contributed by atoms with Gasteiger partial charge in [-0.2, -0.15) is 5.10 Å². The predicted octanol–water partition coefficient (Wildman–Crippen LogP) is 5.59. The van der Waals surface area contributed by atoms with E-state index in [1.165, 1.54) is 0 Å². The van der Waals surface area contributed by atoms with E-state index < -0.39 is 0 Å². The molecule has 0 radical (unpaired) electrons. The average Bonchev–Trinajstić information content (AvgIpc) is 2.73. The van der Waals surface area contributed by atoms with Crippen LogP contribution in [0, 0.1) is 0 Å². The Morgan fingerprint density at radius 2 is 1.83 bits per heavy atom. The monoisotopic (exact) mass is 385 g/mol. The molecule has 0 bridgehead atoms. The standard InChI is InChI=1S/C19H20BrN3O/c1-2-3-4-8-17-16-7-5-6-9-18(16)23(19(24)22-21-17)15-12-10-14(20)11-13-15/h5-7,9-13H,2-4,8H2,1H3,(H,22,24). The Balaban J connectivity index is 2.01. The molecule has 0 spiro atoms. The largest absolute Gasteiger partial charge is 0.346 e. The van der Waals surface area contributed by atoms with Gasteiger partial charge in [0.15, 0.2) is 0 Å². The molecule has 0 fully saturated rings. The molecule has 124 valence electrons. The molecular formula is C19H20BrN3O. The lowest BCUT2D eigenvalue weighted by atomic mass is 10.0. The van der Waals surface area contributed by atoms with E-state index in [1.54, 1.807) is 4.90 Å². The van der Waals surface area contributed by atoms with Crippen LogP contribution in [0.3, 0.4) is 0 Å². The highest BCUT2D eigenvalue weighted by atomic mass is 79.9. The van der Waals surface area contributed by atoms with Crippen LogP contribution in [0.1, 0.15) is 38.2 Å². The van der Waals surface area contributed by atoms with Crippen molar-refractivity contribution < 1.29 is 4.79 Å². The van der Waals surface area contributed by atoms with E-state index in [4.69, 9.17) is 0 Å². The van der Waals surface area contributed by atoms with Crippen molar-refractivity contribution in [2.75, 3.05) is 4.90 Å². The molecule has 2 aromatic carbocycles. The quantitative estimate of drug-likeness (QED) is 0.669. The number of nitrogens with zero attached hydrogens (tertiary/aromatic N) is 2. The van der Waals surface area contributed by atoms with E-state index in [-0.39, 0.29) is 6.03 Å². The number of benzene rings is 2. The summed E-state index contributed by atoms with van der Waals surface area (Å²) >= 11 is 3.43. The van der Waals surface area contributed by atoms with Crippen molar-refractivity contribution in [3.8, 4) is 0 Å². The first kappa shape index (κ1) is 16.7. The number of halogens is 1. The van der Waals surface area contributed by atoms with E-state index in [2.05, 4.69) is 33.4 Å². The Bertz CT molecular complexity index is 755. The van der Waals surface area contributed by atoms with Gasteiger partial charge in [0.25, 0.3) is 0 Å². The maximum atomic E-state index is 12.6. The lowest BCUT2D eigenvalue weighted by Gasteiger charge is -2.22. The van der Waals surface area contributed by atoms with Crippen molar-refractivity contribution in [3.05, 3.63) is 58.6 Å². The Kier molecular flexibility index (Phi) is 5.30. The van der Waals surface area contributed by atoms with Gasteiger partial charge < -0.3 is 0 Å². The molecule has 0 aromatic heterocycles.